The zero-order valence-electron chi connectivity index (χ0n) is 28.2. The van der Waals surface area contributed by atoms with Gasteiger partial charge in [-0.15, -0.1) is 0 Å². The molecule has 2 N–H and O–H groups in total. The standard InChI is InChI=1S/C37H44Cl2N6O2S/c1-21(2)17-30(46)44-16-6-7-28(44)36-40-32(34(38)42-36)25-12-8-23(9-13-25)24-10-14-26(15-11-24)33-35(39)43-37(41-33)29-19-27(48-5)20-45(29)31(47)18-22(3)4/h8-15,21-22,27-29H,6-7,16-20H2,1-5H3,(H,40,42)(H,41,43)/t27-,28-,29-/m0/s1. The van der Waals surface area contributed by atoms with Crippen LogP contribution in [0.1, 0.15) is 83.5 Å². The number of halogens is 2. The minimum Gasteiger partial charge on any atom is -0.333 e. The number of rotatable bonds is 10. The van der Waals surface area contributed by atoms with Crippen LogP contribution in [-0.4, -0.2) is 66.1 Å². The number of nitrogens with zero attached hydrogens (tertiary/aromatic N) is 4. The van der Waals surface area contributed by atoms with E-state index in [0.717, 1.165) is 66.3 Å². The van der Waals surface area contributed by atoms with E-state index in [1.54, 1.807) is 11.8 Å². The first-order valence-electron chi connectivity index (χ1n) is 16.9. The van der Waals surface area contributed by atoms with Crippen molar-refractivity contribution in [3.8, 4) is 33.6 Å². The molecule has 4 aromatic rings. The Balaban J connectivity index is 1.17. The number of nitrogens with one attached hydrogen (secondary N) is 2. The normalized spacial score (nSPS) is 19.6. The molecular weight excluding hydrogens is 663 g/mol. The van der Waals surface area contributed by atoms with Gasteiger partial charge in [0.15, 0.2) is 0 Å². The van der Waals surface area contributed by atoms with Crippen molar-refractivity contribution in [2.75, 3.05) is 19.3 Å². The maximum atomic E-state index is 13.1. The highest BCUT2D eigenvalue weighted by molar-refractivity contribution is 7.99. The Hall–Kier alpha value is -3.27. The highest BCUT2D eigenvalue weighted by atomic mass is 35.5. The molecule has 8 nitrogen and oxygen atoms in total. The Kier molecular flexibility index (Phi) is 10.6. The zero-order valence-corrected chi connectivity index (χ0v) is 30.6. The molecule has 254 valence electrons. The summed E-state index contributed by atoms with van der Waals surface area (Å²) in [5.41, 5.74) is 5.31. The van der Waals surface area contributed by atoms with Crippen molar-refractivity contribution in [3.05, 3.63) is 70.5 Å². The van der Waals surface area contributed by atoms with E-state index in [0.29, 0.717) is 51.6 Å². The van der Waals surface area contributed by atoms with Crippen molar-refractivity contribution < 1.29 is 9.59 Å². The second kappa shape index (κ2) is 14.7. The summed E-state index contributed by atoms with van der Waals surface area (Å²) in [6.45, 7) is 9.76. The van der Waals surface area contributed by atoms with Gasteiger partial charge in [-0.25, -0.2) is 9.97 Å². The molecule has 3 atom stereocenters. The van der Waals surface area contributed by atoms with Gasteiger partial charge < -0.3 is 19.8 Å². The molecule has 2 aromatic heterocycles. The van der Waals surface area contributed by atoms with Crippen LogP contribution < -0.4 is 0 Å². The molecule has 0 unspecified atom stereocenters. The molecule has 2 amide bonds. The van der Waals surface area contributed by atoms with Gasteiger partial charge in [-0.2, -0.15) is 11.8 Å². The fourth-order valence-corrected chi connectivity index (χ4v) is 8.04. The van der Waals surface area contributed by atoms with Gasteiger partial charge in [0.1, 0.15) is 33.3 Å². The second-order valence-corrected chi connectivity index (χ2v) is 15.7. The lowest BCUT2D eigenvalue weighted by molar-refractivity contribution is -0.133. The monoisotopic (exact) mass is 706 g/mol. The molecular formula is C37H44Cl2N6O2S. The predicted octanol–water partition coefficient (Wildman–Crippen LogP) is 9.20. The lowest BCUT2D eigenvalue weighted by Gasteiger charge is -2.24. The third-order valence-electron chi connectivity index (χ3n) is 9.29. The number of thioether (sulfide) groups is 1. The average molecular weight is 708 g/mol. The zero-order chi connectivity index (χ0) is 34.1. The number of hydrogen-bond donors (Lipinski definition) is 2. The lowest BCUT2D eigenvalue weighted by atomic mass is 10.0. The minimum atomic E-state index is -0.110. The molecule has 0 saturated carbocycles. The SMILES string of the molecule is CS[C@H]1C[C@@H](c2nc(-c3ccc(-c4ccc(-c5nc([C@@H]6CCCN6C(=O)CC(C)C)[nH]c5Cl)cc4)cc3)c(Cl)[nH]2)N(C(=O)CC(C)C)C1. The number of H-pyrrole nitrogens is 2. The molecule has 11 heteroatoms. The number of amides is 2. The number of likely N-dealkylation sites (tertiary alicyclic amines) is 2. The number of hydrogen-bond acceptors (Lipinski definition) is 5. The molecule has 4 heterocycles. The molecule has 48 heavy (non-hydrogen) atoms. The van der Waals surface area contributed by atoms with Gasteiger partial charge in [-0.3, -0.25) is 9.59 Å². The minimum absolute atomic E-state index is 0.0730. The molecule has 0 aliphatic carbocycles. The number of imidazole rings is 2. The van der Waals surface area contributed by atoms with Gasteiger partial charge in [0.05, 0.1) is 12.1 Å². The Labute approximate surface area is 297 Å². The summed E-state index contributed by atoms with van der Waals surface area (Å²) in [5, 5.41) is 1.33. The molecule has 0 radical (unpaired) electrons. The molecule has 6 rings (SSSR count). The Morgan fingerprint density at radius 3 is 1.71 bits per heavy atom. The third kappa shape index (κ3) is 7.33. The van der Waals surface area contributed by atoms with E-state index >= 15 is 0 Å². The van der Waals surface area contributed by atoms with Crippen LogP contribution in [-0.2, 0) is 9.59 Å². The molecule has 2 saturated heterocycles. The first-order valence-corrected chi connectivity index (χ1v) is 18.9. The van der Waals surface area contributed by atoms with Crippen molar-refractivity contribution >= 4 is 46.8 Å². The van der Waals surface area contributed by atoms with Crippen molar-refractivity contribution in [1.82, 2.24) is 29.7 Å². The van der Waals surface area contributed by atoms with Crippen molar-refractivity contribution in [2.24, 2.45) is 11.8 Å². The Morgan fingerprint density at radius 1 is 0.771 bits per heavy atom. The molecule has 2 aliphatic heterocycles. The summed E-state index contributed by atoms with van der Waals surface area (Å²) in [4.78, 5) is 46.2. The summed E-state index contributed by atoms with van der Waals surface area (Å²) >= 11 is 15.2. The van der Waals surface area contributed by atoms with Gasteiger partial charge in [-0.1, -0.05) is 99.4 Å². The molecule has 2 fully saturated rings. The maximum Gasteiger partial charge on any atom is 0.223 e. The van der Waals surface area contributed by atoms with Crippen molar-refractivity contribution in [2.45, 2.75) is 77.1 Å². The predicted molar refractivity (Wildman–Crippen MR) is 196 cm³/mol. The van der Waals surface area contributed by atoms with Gasteiger partial charge in [0.25, 0.3) is 0 Å². The highest BCUT2D eigenvalue weighted by Gasteiger charge is 2.38. The number of aromatic amines is 2. The van der Waals surface area contributed by atoms with Crippen LogP contribution in [0.5, 0.6) is 0 Å². The van der Waals surface area contributed by atoms with Crippen LogP contribution in [0.3, 0.4) is 0 Å². The first kappa shape index (κ1) is 34.6. The summed E-state index contributed by atoms with van der Waals surface area (Å²) in [6, 6.07) is 16.2. The van der Waals surface area contributed by atoms with Gasteiger partial charge in [0, 0.05) is 42.3 Å². The summed E-state index contributed by atoms with van der Waals surface area (Å²) in [5.74, 6) is 2.44. The summed E-state index contributed by atoms with van der Waals surface area (Å²) in [6.07, 6.45) is 5.85. The average Bonchev–Trinajstić information content (AvgIpc) is 3.86. The van der Waals surface area contributed by atoms with Crippen LogP contribution in [0.25, 0.3) is 33.6 Å². The summed E-state index contributed by atoms with van der Waals surface area (Å²) in [7, 11) is 0. The number of aromatic nitrogens is 4. The van der Waals surface area contributed by atoms with Gasteiger partial charge in [-0.05, 0) is 48.5 Å². The third-order valence-corrected chi connectivity index (χ3v) is 10.8. The largest absolute Gasteiger partial charge is 0.333 e. The van der Waals surface area contributed by atoms with E-state index in [1.165, 1.54) is 0 Å². The van der Waals surface area contributed by atoms with Crippen LogP contribution >= 0.6 is 35.0 Å². The summed E-state index contributed by atoms with van der Waals surface area (Å²) < 4.78 is 0. The van der Waals surface area contributed by atoms with E-state index in [2.05, 4.69) is 68.2 Å². The number of carbonyl (C=O) groups excluding carboxylic acids is 2. The molecule has 0 spiro atoms. The fourth-order valence-electron chi connectivity index (χ4n) is 6.86. The van der Waals surface area contributed by atoms with Crippen LogP contribution in [0.4, 0.5) is 0 Å². The Bertz CT molecular complexity index is 1750. The van der Waals surface area contributed by atoms with Crippen LogP contribution in [0, 0.1) is 11.8 Å². The van der Waals surface area contributed by atoms with Gasteiger partial charge >= 0.3 is 0 Å². The van der Waals surface area contributed by atoms with Crippen LogP contribution in [0.15, 0.2) is 48.5 Å². The van der Waals surface area contributed by atoms with Crippen molar-refractivity contribution in [1.29, 1.82) is 0 Å². The topological polar surface area (TPSA) is 98.0 Å². The molecule has 2 aliphatic rings. The van der Waals surface area contributed by atoms with E-state index in [4.69, 9.17) is 33.2 Å². The smallest absolute Gasteiger partial charge is 0.223 e. The second-order valence-electron chi connectivity index (χ2n) is 13.8. The van der Waals surface area contributed by atoms with Gasteiger partial charge in [0.2, 0.25) is 11.8 Å². The Morgan fingerprint density at radius 2 is 1.23 bits per heavy atom. The highest BCUT2D eigenvalue weighted by Crippen LogP contribution is 2.39. The van der Waals surface area contributed by atoms with Crippen molar-refractivity contribution in [3.63, 3.8) is 0 Å². The number of benzene rings is 2. The van der Waals surface area contributed by atoms with E-state index in [1.807, 2.05) is 34.1 Å². The van der Waals surface area contributed by atoms with E-state index in [9.17, 15) is 9.59 Å². The number of carbonyl (C=O) groups is 2. The lowest BCUT2D eigenvalue weighted by Crippen LogP contribution is -2.32. The maximum absolute atomic E-state index is 13.1. The first-order chi connectivity index (χ1) is 23.0. The molecule has 0 bridgehead atoms. The fraction of sp³-hybridized carbons (Fsp3) is 0.459. The molecule has 2 aromatic carbocycles. The quantitative estimate of drug-likeness (QED) is 0.171. The van der Waals surface area contributed by atoms with Crippen LogP contribution in [0.2, 0.25) is 10.3 Å². The van der Waals surface area contributed by atoms with E-state index in [-0.39, 0.29) is 23.9 Å². The van der Waals surface area contributed by atoms with E-state index < -0.39 is 0 Å².